The van der Waals surface area contributed by atoms with Gasteiger partial charge in [0.15, 0.2) is 0 Å². The lowest BCUT2D eigenvalue weighted by atomic mass is 10.1. The normalized spacial score (nSPS) is 11.3. The van der Waals surface area contributed by atoms with Crippen LogP contribution in [0.15, 0.2) is 17.0 Å². The molecule has 1 aromatic heterocycles. The Balaban J connectivity index is 2.78. The van der Waals surface area contributed by atoms with Gasteiger partial charge in [-0.25, -0.2) is 4.98 Å². The summed E-state index contributed by atoms with van der Waals surface area (Å²) in [4.78, 5) is 21.4. The number of carbonyl (C=O) groups is 1. The molecular formula is C10H15BrN4O. The van der Waals surface area contributed by atoms with Crippen molar-refractivity contribution in [2.45, 2.75) is 19.4 Å². The predicted octanol–water partition coefficient (Wildman–Crippen LogP) is 1.05. The molecule has 16 heavy (non-hydrogen) atoms. The zero-order valence-corrected chi connectivity index (χ0v) is 11.2. The Bertz CT molecular complexity index is 389. The number of likely N-dealkylation sites (N-methyl/N-ethyl adjacent to an activating group) is 1. The van der Waals surface area contributed by atoms with Crippen molar-refractivity contribution in [1.82, 2.24) is 14.9 Å². The third-order valence-electron chi connectivity index (χ3n) is 1.82. The van der Waals surface area contributed by atoms with Crippen molar-refractivity contribution < 1.29 is 4.79 Å². The van der Waals surface area contributed by atoms with Crippen molar-refractivity contribution in [3.05, 3.63) is 22.7 Å². The maximum Gasteiger partial charge on any atom is 0.273 e. The van der Waals surface area contributed by atoms with Crippen molar-refractivity contribution in [1.29, 1.82) is 0 Å². The molecule has 0 radical (unpaired) electrons. The third kappa shape index (κ3) is 3.86. The van der Waals surface area contributed by atoms with E-state index in [0.717, 1.165) is 0 Å². The second-order valence-electron chi connectivity index (χ2n) is 4.38. The molecule has 0 saturated heterocycles. The molecule has 0 unspecified atom stereocenters. The monoisotopic (exact) mass is 286 g/mol. The van der Waals surface area contributed by atoms with Gasteiger partial charge in [0.2, 0.25) is 0 Å². The van der Waals surface area contributed by atoms with E-state index in [1.807, 2.05) is 13.8 Å². The number of carbonyl (C=O) groups excluding carboxylic acids is 1. The second-order valence-corrected chi connectivity index (χ2v) is 5.19. The summed E-state index contributed by atoms with van der Waals surface area (Å²) in [6.45, 7) is 4.19. The van der Waals surface area contributed by atoms with E-state index in [0.29, 0.717) is 16.8 Å². The van der Waals surface area contributed by atoms with Gasteiger partial charge in [0.1, 0.15) is 10.3 Å². The first-order valence-electron chi connectivity index (χ1n) is 4.81. The highest BCUT2D eigenvalue weighted by Crippen LogP contribution is 2.07. The lowest BCUT2D eigenvalue weighted by molar-refractivity contribution is 0.0763. The topological polar surface area (TPSA) is 72.1 Å². The zero-order valence-electron chi connectivity index (χ0n) is 9.57. The van der Waals surface area contributed by atoms with Gasteiger partial charge >= 0.3 is 0 Å². The summed E-state index contributed by atoms with van der Waals surface area (Å²) < 4.78 is 0.541. The highest BCUT2D eigenvalue weighted by Gasteiger charge is 2.20. The number of amides is 1. The molecule has 6 heteroatoms. The van der Waals surface area contributed by atoms with Crippen molar-refractivity contribution in [3.63, 3.8) is 0 Å². The third-order valence-corrected chi connectivity index (χ3v) is 2.20. The predicted molar refractivity (Wildman–Crippen MR) is 65.0 cm³/mol. The van der Waals surface area contributed by atoms with Crippen LogP contribution in [0.5, 0.6) is 0 Å². The average molecular weight is 287 g/mol. The molecule has 0 fully saturated rings. The molecule has 1 rings (SSSR count). The minimum absolute atomic E-state index is 0.188. The number of hydrogen-bond acceptors (Lipinski definition) is 4. The first-order valence-corrected chi connectivity index (χ1v) is 5.61. The van der Waals surface area contributed by atoms with Crippen LogP contribution in [-0.2, 0) is 0 Å². The molecule has 1 aromatic rings. The summed E-state index contributed by atoms with van der Waals surface area (Å²) in [6.07, 6.45) is 2.97. The number of rotatable bonds is 3. The molecule has 0 aliphatic rings. The fraction of sp³-hybridized carbons (Fsp3) is 0.500. The lowest BCUT2D eigenvalue weighted by Gasteiger charge is -2.26. The summed E-state index contributed by atoms with van der Waals surface area (Å²) in [6, 6.07) is 0. The van der Waals surface area contributed by atoms with Crippen LogP contribution < -0.4 is 5.73 Å². The molecule has 0 aliphatic carbocycles. The van der Waals surface area contributed by atoms with Crippen LogP contribution in [0.2, 0.25) is 0 Å². The van der Waals surface area contributed by atoms with Crippen molar-refractivity contribution in [3.8, 4) is 0 Å². The molecule has 0 aliphatic heterocycles. The van der Waals surface area contributed by atoms with Gasteiger partial charge in [0.25, 0.3) is 5.91 Å². The van der Waals surface area contributed by atoms with Crippen LogP contribution >= 0.6 is 15.9 Å². The van der Waals surface area contributed by atoms with Gasteiger partial charge in [-0.15, -0.1) is 0 Å². The number of halogens is 1. The van der Waals surface area contributed by atoms with E-state index in [1.54, 1.807) is 7.05 Å². The van der Waals surface area contributed by atoms with Gasteiger partial charge in [-0.05, 0) is 29.8 Å². The largest absolute Gasteiger partial charge is 0.339 e. The number of aromatic nitrogens is 2. The molecule has 0 bridgehead atoms. The van der Waals surface area contributed by atoms with Crippen LogP contribution in [0.3, 0.4) is 0 Å². The average Bonchev–Trinajstić information content (AvgIpc) is 2.14. The van der Waals surface area contributed by atoms with E-state index < -0.39 is 5.54 Å². The molecule has 0 aromatic carbocycles. The maximum absolute atomic E-state index is 11.9. The van der Waals surface area contributed by atoms with E-state index in [1.165, 1.54) is 17.3 Å². The molecule has 1 heterocycles. The zero-order chi connectivity index (χ0) is 12.3. The Morgan fingerprint density at radius 1 is 1.56 bits per heavy atom. The maximum atomic E-state index is 11.9. The Hall–Kier alpha value is -1.01. The smallest absolute Gasteiger partial charge is 0.273 e. The van der Waals surface area contributed by atoms with Crippen LogP contribution in [0.4, 0.5) is 0 Å². The highest BCUT2D eigenvalue weighted by molar-refractivity contribution is 9.10. The highest BCUT2D eigenvalue weighted by atomic mass is 79.9. The Morgan fingerprint density at radius 2 is 2.19 bits per heavy atom. The summed E-state index contributed by atoms with van der Waals surface area (Å²) >= 11 is 3.17. The Morgan fingerprint density at radius 3 is 2.69 bits per heavy atom. The van der Waals surface area contributed by atoms with E-state index in [9.17, 15) is 4.79 Å². The molecular weight excluding hydrogens is 272 g/mol. The Kier molecular flexibility index (Phi) is 3.98. The molecule has 0 atom stereocenters. The fourth-order valence-corrected chi connectivity index (χ4v) is 1.63. The van der Waals surface area contributed by atoms with E-state index in [4.69, 9.17) is 5.73 Å². The van der Waals surface area contributed by atoms with Crippen LogP contribution in [0.25, 0.3) is 0 Å². The van der Waals surface area contributed by atoms with Gasteiger partial charge in [-0.2, -0.15) is 0 Å². The van der Waals surface area contributed by atoms with Gasteiger partial charge in [-0.3, -0.25) is 9.78 Å². The molecule has 5 nitrogen and oxygen atoms in total. The fourth-order valence-electron chi connectivity index (χ4n) is 1.32. The number of nitrogens with zero attached hydrogens (tertiary/aromatic N) is 3. The molecule has 0 spiro atoms. The summed E-state index contributed by atoms with van der Waals surface area (Å²) in [5, 5.41) is 0. The van der Waals surface area contributed by atoms with Crippen LogP contribution in [-0.4, -0.2) is 39.9 Å². The van der Waals surface area contributed by atoms with Crippen LogP contribution in [0.1, 0.15) is 24.3 Å². The van der Waals surface area contributed by atoms with Crippen molar-refractivity contribution >= 4 is 21.8 Å². The van der Waals surface area contributed by atoms with Crippen molar-refractivity contribution in [2.24, 2.45) is 5.73 Å². The first-order chi connectivity index (χ1) is 7.29. The number of hydrogen-bond donors (Lipinski definition) is 1. The standard InChI is InChI=1S/C10H15BrN4O/c1-10(2,12)6-15(3)9(16)7-4-13-5-8(11)14-7/h4-5H,6,12H2,1-3H3. The SMILES string of the molecule is CN(CC(C)(C)N)C(=O)c1cncc(Br)n1. The van der Waals surface area contributed by atoms with Gasteiger partial charge in [0, 0.05) is 19.1 Å². The van der Waals surface area contributed by atoms with E-state index >= 15 is 0 Å². The van der Waals surface area contributed by atoms with Gasteiger partial charge < -0.3 is 10.6 Å². The number of nitrogens with two attached hydrogens (primary N) is 1. The summed E-state index contributed by atoms with van der Waals surface area (Å²) in [5.74, 6) is -0.188. The minimum Gasteiger partial charge on any atom is -0.339 e. The van der Waals surface area contributed by atoms with Gasteiger partial charge in [0.05, 0.1) is 12.4 Å². The molecule has 88 valence electrons. The molecule has 1 amide bonds. The quantitative estimate of drug-likeness (QED) is 0.902. The minimum atomic E-state index is -0.427. The van der Waals surface area contributed by atoms with Crippen LogP contribution in [0, 0.1) is 0 Å². The first kappa shape index (κ1) is 13.1. The second kappa shape index (κ2) is 4.88. The Labute approximate surface area is 103 Å². The van der Waals surface area contributed by atoms with E-state index in [-0.39, 0.29) is 5.91 Å². The van der Waals surface area contributed by atoms with Gasteiger partial charge in [-0.1, -0.05) is 0 Å². The molecule has 2 N–H and O–H groups in total. The lowest BCUT2D eigenvalue weighted by Crippen LogP contribution is -2.46. The van der Waals surface area contributed by atoms with E-state index in [2.05, 4.69) is 25.9 Å². The molecule has 0 saturated carbocycles. The van der Waals surface area contributed by atoms with Crippen molar-refractivity contribution in [2.75, 3.05) is 13.6 Å². The summed E-state index contributed by atoms with van der Waals surface area (Å²) in [7, 11) is 1.69. The summed E-state index contributed by atoms with van der Waals surface area (Å²) in [5.41, 5.74) is 5.72.